The number of hydrogen-bond donors (Lipinski definition) is 1. The van der Waals surface area contributed by atoms with Crippen LogP contribution in [-0.4, -0.2) is 18.4 Å². The van der Waals surface area contributed by atoms with Crippen LogP contribution in [0.3, 0.4) is 0 Å². The summed E-state index contributed by atoms with van der Waals surface area (Å²) in [6, 6.07) is 8.88. The molecule has 0 unspecified atom stereocenters. The topological polar surface area (TPSA) is 62.6 Å². The third-order valence-corrected chi connectivity index (χ3v) is 4.08. The number of furan rings is 1. The molecule has 1 aliphatic heterocycles. The van der Waals surface area contributed by atoms with Gasteiger partial charge in [0, 0.05) is 24.3 Å². The highest BCUT2D eigenvalue weighted by Gasteiger charge is 2.23. The molecule has 1 aromatic heterocycles. The lowest BCUT2D eigenvalue weighted by molar-refractivity contribution is -0.118. The molecule has 1 aliphatic rings. The molecule has 3 rings (SSSR count). The van der Waals surface area contributed by atoms with Gasteiger partial charge in [-0.3, -0.25) is 9.59 Å². The molecular weight excluding hydrogens is 348 g/mol. The minimum atomic E-state index is -0.301. The maximum Gasteiger partial charge on any atom is 0.291 e. The van der Waals surface area contributed by atoms with Crippen LogP contribution in [0.4, 0.5) is 11.4 Å². The standard InChI is InChI=1S/C16H15BrN2O3/c1-2-19-12-5-4-11(9-10(12)3-8-15(19)20)18-16(21)13-6-7-14(17)22-13/h4-7,9H,2-3,8H2,1H3,(H,18,21). The first-order chi connectivity index (χ1) is 10.6. The van der Waals surface area contributed by atoms with Gasteiger partial charge >= 0.3 is 0 Å². The Bertz CT molecular complexity index is 739. The van der Waals surface area contributed by atoms with Gasteiger partial charge in [0.1, 0.15) is 0 Å². The normalized spacial score (nSPS) is 13.9. The van der Waals surface area contributed by atoms with E-state index in [0.29, 0.717) is 29.7 Å². The minimum Gasteiger partial charge on any atom is -0.444 e. The van der Waals surface area contributed by atoms with Crippen molar-refractivity contribution in [3.8, 4) is 0 Å². The summed E-state index contributed by atoms with van der Waals surface area (Å²) in [6.45, 7) is 2.61. The van der Waals surface area contributed by atoms with Crippen LogP contribution in [0.5, 0.6) is 0 Å². The van der Waals surface area contributed by atoms with Crippen LogP contribution in [0, 0.1) is 0 Å². The third kappa shape index (κ3) is 2.78. The van der Waals surface area contributed by atoms with Gasteiger partial charge in [0.15, 0.2) is 10.4 Å². The van der Waals surface area contributed by atoms with Gasteiger partial charge in [-0.25, -0.2) is 0 Å². The first-order valence-corrected chi connectivity index (χ1v) is 7.87. The smallest absolute Gasteiger partial charge is 0.291 e. The molecule has 22 heavy (non-hydrogen) atoms. The number of rotatable bonds is 3. The summed E-state index contributed by atoms with van der Waals surface area (Å²) in [5.41, 5.74) is 2.69. The van der Waals surface area contributed by atoms with Gasteiger partial charge in [-0.15, -0.1) is 0 Å². The van der Waals surface area contributed by atoms with Gasteiger partial charge in [-0.05, 0) is 65.2 Å². The van der Waals surface area contributed by atoms with E-state index in [9.17, 15) is 9.59 Å². The fourth-order valence-electron chi connectivity index (χ4n) is 2.61. The molecule has 0 spiro atoms. The zero-order valence-corrected chi connectivity index (χ0v) is 13.6. The maximum atomic E-state index is 12.1. The summed E-state index contributed by atoms with van der Waals surface area (Å²) in [5, 5.41) is 2.81. The highest BCUT2D eigenvalue weighted by Crippen LogP contribution is 2.30. The second-order valence-corrected chi connectivity index (χ2v) is 5.82. The van der Waals surface area contributed by atoms with E-state index in [-0.39, 0.29) is 17.6 Å². The first-order valence-electron chi connectivity index (χ1n) is 7.08. The van der Waals surface area contributed by atoms with Gasteiger partial charge in [-0.2, -0.15) is 0 Å². The predicted octanol–water partition coefficient (Wildman–Crippen LogP) is 3.59. The van der Waals surface area contributed by atoms with E-state index in [1.807, 2.05) is 19.1 Å². The average Bonchev–Trinajstić information content (AvgIpc) is 2.94. The summed E-state index contributed by atoms with van der Waals surface area (Å²) < 4.78 is 5.74. The summed E-state index contributed by atoms with van der Waals surface area (Å²) in [5.74, 6) is 0.0899. The summed E-state index contributed by atoms with van der Waals surface area (Å²) >= 11 is 3.17. The SMILES string of the molecule is CCN1C(=O)CCc2cc(NC(=O)c3ccc(Br)o3)ccc21. The third-order valence-electron chi connectivity index (χ3n) is 3.65. The van der Waals surface area contributed by atoms with Crippen molar-refractivity contribution in [2.24, 2.45) is 0 Å². The van der Waals surface area contributed by atoms with Crippen molar-refractivity contribution in [3.63, 3.8) is 0 Å². The molecule has 0 saturated carbocycles. The molecule has 0 atom stereocenters. The molecule has 2 amide bonds. The number of halogens is 1. The van der Waals surface area contributed by atoms with E-state index in [1.54, 1.807) is 23.1 Å². The molecule has 114 valence electrons. The van der Waals surface area contributed by atoms with E-state index >= 15 is 0 Å². The van der Waals surface area contributed by atoms with Gasteiger partial charge < -0.3 is 14.6 Å². The van der Waals surface area contributed by atoms with E-state index < -0.39 is 0 Å². The monoisotopic (exact) mass is 362 g/mol. The van der Waals surface area contributed by atoms with Crippen LogP contribution in [0.25, 0.3) is 0 Å². The Labute approximate surface area is 136 Å². The Morgan fingerprint density at radius 1 is 1.32 bits per heavy atom. The number of nitrogens with zero attached hydrogens (tertiary/aromatic N) is 1. The first kappa shape index (κ1) is 14.8. The van der Waals surface area contributed by atoms with E-state index in [1.165, 1.54) is 0 Å². The van der Waals surface area contributed by atoms with E-state index in [2.05, 4.69) is 21.2 Å². The lowest BCUT2D eigenvalue weighted by Crippen LogP contribution is -2.34. The number of carbonyl (C=O) groups is 2. The highest BCUT2D eigenvalue weighted by atomic mass is 79.9. The van der Waals surface area contributed by atoms with Crippen LogP contribution in [0.15, 0.2) is 39.4 Å². The molecule has 0 radical (unpaired) electrons. The Balaban J connectivity index is 1.82. The van der Waals surface area contributed by atoms with E-state index in [4.69, 9.17) is 4.42 Å². The zero-order chi connectivity index (χ0) is 15.7. The van der Waals surface area contributed by atoms with Crippen LogP contribution < -0.4 is 10.2 Å². The molecule has 0 aliphatic carbocycles. The van der Waals surface area contributed by atoms with Crippen molar-refractivity contribution in [1.82, 2.24) is 0 Å². The van der Waals surface area contributed by atoms with Crippen molar-refractivity contribution in [1.29, 1.82) is 0 Å². The fraction of sp³-hybridized carbons (Fsp3) is 0.250. The van der Waals surface area contributed by atoms with Crippen molar-refractivity contribution < 1.29 is 14.0 Å². The number of anilines is 2. The molecule has 5 nitrogen and oxygen atoms in total. The predicted molar refractivity (Wildman–Crippen MR) is 87.2 cm³/mol. The molecule has 2 heterocycles. The van der Waals surface area contributed by atoms with Crippen molar-refractivity contribution >= 4 is 39.1 Å². The number of benzene rings is 1. The van der Waals surface area contributed by atoms with Crippen molar-refractivity contribution in [2.45, 2.75) is 19.8 Å². The van der Waals surface area contributed by atoms with Gasteiger partial charge in [-0.1, -0.05) is 0 Å². The number of carbonyl (C=O) groups excluding carboxylic acids is 2. The summed E-state index contributed by atoms with van der Waals surface area (Å²) in [7, 11) is 0. The number of fused-ring (bicyclic) bond motifs is 1. The van der Waals surface area contributed by atoms with Crippen LogP contribution in [0.2, 0.25) is 0 Å². The second-order valence-electron chi connectivity index (χ2n) is 5.04. The van der Waals surface area contributed by atoms with Crippen molar-refractivity contribution in [3.05, 3.63) is 46.3 Å². The zero-order valence-electron chi connectivity index (χ0n) is 12.1. The molecule has 1 aromatic carbocycles. The molecule has 0 bridgehead atoms. The van der Waals surface area contributed by atoms with Crippen LogP contribution >= 0.6 is 15.9 Å². The lowest BCUT2D eigenvalue weighted by atomic mass is 10.0. The van der Waals surface area contributed by atoms with Crippen LogP contribution in [0.1, 0.15) is 29.5 Å². The second kappa shape index (κ2) is 5.96. The Hall–Kier alpha value is -2.08. The molecule has 0 saturated heterocycles. The molecule has 6 heteroatoms. The van der Waals surface area contributed by atoms with E-state index in [0.717, 1.165) is 11.3 Å². The van der Waals surface area contributed by atoms with Crippen molar-refractivity contribution in [2.75, 3.05) is 16.8 Å². The minimum absolute atomic E-state index is 0.146. The molecular formula is C16H15BrN2O3. The number of nitrogens with one attached hydrogen (secondary N) is 1. The lowest BCUT2D eigenvalue weighted by Gasteiger charge is -2.28. The number of amides is 2. The Kier molecular flexibility index (Phi) is 4.02. The highest BCUT2D eigenvalue weighted by molar-refractivity contribution is 9.10. The molecule has 1 N–H and O–H groups in total. The Morgan fingerprint density at radius 3 is 2.82 bits per heavy atom. The summed E-state index contributed by atoms with van der Waals surface area (Å²) in [6.07, 6.45) is 1.20. The Morgan fingerprint density at radius 2 is 2.14 bits per heavy atom. The summed E-state index contributed by atoms with van der Waals surface area (Å²) in [4.78, 5) is 25.7. The fourth-order valence-corrected chi connectivity index (χ4v) is 2.92. The number of hydrogen-bond acceptors (Lipinski definition) is 3. The quantitative estimate of drug-likeness (QED) is 0.907. The maximum absolute atomic E-state index is 12.1. The van der Waals surface area contributed by atoms with Gasteiger partial charge in [0.2, 0.25) is 5.91 Å². The molecule has 2 aromatic rings. The van der Waals surface area contributed by atoms with Gasteiger partial charge in [0.25, 0.3) is 5.91 Å². The van der Waals surface area contributed by atoms with Crippen LogP contribution in [-0.2, 0) is 11.2 Å². The van der Waals surface area contributed by atoms with Gasteiger partial charge in [0.05, 0.1) is 0 Å². The number of aryl methyl sites for hydroxylation is 1. The average molecular weight is 363 g/mol. The molecule has 0 fully saturated rings. The largest absolute Gasteiger partial charge is 0.444 e.